The van der Waals surface area contributed by atoms with Gasteiger partial charge >= 0.3 is 0 Å². The van der Waals surface area contributed by atoms with E-state index in [0.29, 0.717) is 29.6 Å². The van der Waals surface area contributed by atoms with Crippen LogP contribution in [-0.4, -0.2) is 23.7 Å². The SMILES string of the molecule is C=Nc1c(NC)ncnc1NCc1ccc(C#N)o1. The first kappa shape index (κ1) is 12.6. The molecule has 0 aliphatic carbocycles. The van der Waals surface area contributed by atoms with Crippen LogP contribution < -0.4 is 10.6 Å². The van der Waals surface area contributed by atoms with E-state index in [1.54, 1.807) is 19.2 Å². The summed E-state index contributed by atoms with van der Waals surface area (Å²) in [6.07, 6.45) is 1.42. The smallest absolute Gasteiger partial charge is 0.203 e. The quantitative estimate of drug-likeness (QED) is 0.793. The first-order valence-electron chi connectivity index (χ1n) is 5.50. The number of anilines is 2. The summed E-state index contributed by atoms with van der Waals surface area (Å²) < 4.78 is 5.26. The van der Waals surface area contributed by atoms with Crippen LogP contribution in [0.15, 0.2) is 27.9 Å². The van der Waals surface area contributed by atoms with Gasteiger partial charge in [0, 0.05) is 7.05 Å². The van der Waals surface area contributed by atoms with Crippen molar-refractivity contribution in [1.82, 2.24) is 9.97 Å². The third kappa shape index (κ3) is 2.69. The highest BCUT2D eigenvalue weighted by Crippen LogP contribution is 2.29. The molecule has 0 aromatic carbocycles. The summed E-state index contributed by atoms with van der Waals surface area (Å²) >= 11 is 0. The Balaban J connectivity index is 2.15. The number of hydrogen-bond acceptors (Lipinski definition) is 7. The first-order chi connectivity index (χ1) is 9.28. The summed E-state index contributed by atoms with van der Waals surface area (Å²) in [7, 11) is 1.74. The minimum Gasteiger partial charge on any atom is -0.449 e. The molecule has 2 aromatic rings. The molecule has 0 aliphatic rings. The fourth-order valence-electron chi connectivity index (χ4n) is 1.54. The summed E-state index contributed by atoms with van der Waals surface area (Å²) in [6, 6.07) is 5.27. The van der Waals surface area contributed by atoms with E-state index in [-0.39, 0.29) is 5.76 Å². The molecule has 0 aliphatic heterocycles. The Bertz CT molecular complexity index is 627. The van der Waals surface area contributed by atoms with Gasteiger partial charge in [0.2, 0.25) is 5.76 Å². The van der Waals surface area contributed by atoms with Gasteiger partial charge in [0.1, 0.15) is 23.8 Å². The molecule has 96 valence electrons. The predicted molar refractivity (Wildman–Crippen MR) is 71.5 cm³/mol. The highest BCUT2D eigenvalue weighted by Gasteiger charge is 2.09. The van der Waals surface area contributed by atoms with E-state index in [4.69, 9.17) is 9.68 Å². The number of nitriles is 1. The highest BCUT2D eigenvalue weighted by atomic mass is 16.3. The molecule has 2 N–H and O–H groups in total. The zero-order valence-electron chi connectivity index (χ0n) is 10.3. The van der Waals surface area contributed by atoms with Crippen LogP contribution >= 0.6 is 0 Å². The predicted octanol–water partition coefficient (Wildman–Crippen LogP) is 1.93. The van der Waals surface area contributed by atoms with E-state index in [2.05, 4.69) is 32.3 Å². The molecule has 0 bridgehead atoms. The Morgan fingerprint density at radius 2 is 2.21 bits per heavy atom. The van der Waals surface area contributed by atoms with Crippen molar-refractivity contribution >= 4 is 24.0 Å². The summed E-state index contributed by atoms with van der Waals surface area (Å²) in [5, 5.41) is 14.6. The van der Waals surface area contributed by atoms with Crippen LogP contribution in [0.2, 0.25) is 0 Å². The van der Waals surface area contributed by atoms with Crippen molar-refractivity contribution in [3.05, 3.63) is 30.0 Å². The van der Waals surface area contributed by atoms with Crippen LogP contribution in [0, 0.1) is 11.3 Å². The van der Waals surface area contributed by atoms with Gasteiger partial charge < -0.3 is 15.1 Å². The van der Waals surface area contributed by atoms with Crippen LogP contribution in [0.1, 0.15) is 11.5 Å². The number of rotatable bonds is 5. The maximum atomic E-state index is 8.67. The maximum Gasteiger partial charge on any atom is 0.203 e. The second-order valence-electron chi connectivity index (χ2n) is 3.56. The monoisotopic (exact) mass is 256 g/mol. The van der Waals surface area contributed by atoms with Crippen LogP contribution in [0.4, 0.5) is 17.3 Å². The molecule has 2 heterocycles. The molecule has 0 amide bonds. The molecule has 0 fully saturated rings. The molecule has 7 heteroatoms. The topological polar surface area (TPSA) is 99.1 Å². The number of aromatic nitrogens is 2. The molecule has 0 spiro atoms. The van der Waals surface area contributed by atoms with Gasteiger partial charge in [0.15, 0.2) is 11.6 Å². The lowest BCUT2D eigenvalue weighted by Crippen LogP contribution is -2.03. The zero-order chi connectivity index (χ0) is 13.7. The van der Waals surface area contributed by atoms with Crippen molar-refractivity contribution in [1.29, 1.82) is 5.26 Å². The van der Waals surface area contributed by atoms with E-state index in [1.807, 2.05) is 6.07 Å². The summed E-state index contributed by atoms with van der Waals surface area (Å²) in [5.41, 5.74) is 0.539. The van der Waals surface area contributed by atoms with E-state index in [0.717, 1.165) is 0 Å². The molecule has 0 saturated carbocycles. The van der Waals surface area contributed by atoms with Crippen molar-refractivity contribution in [2.24, 2.45) is 4.99 Å². The van der Waals surface area contributed by atoms with Crippen molar-refractivity contribution < 1.29 is 4.42 Å². The summed E-state index contributed by atoms with van der Waals surface area (Å²) in [5.74, 6) is 2.04. The number of aliphatic imine (C=N–C) groups is 1. The lowest BCUT2D eigenvalue weighted by Gasteiger charge is -2.09. The van der Waals surface area contributed by atoms with Gasteiger partial charge in [-0.15, -0.1) is 0 Å². The maximum absolute atomic E-state index is 8.67. The Hall–Kier alpha value is -2.88. The Kier molecular flexibility index (Phi) is 3.73. The van der Waals surface area contributed by atoms with Crippen LogP contribution in [0.25, 0.3) is 0 Å². The zero-order valence-corrected chi connectivity index (χ0v) is 10.3. The lowest BCUT2D eigenvalue weighted by molar-refractivity contribution is 0.506. The average Bonchev–Trinajstić information content (AvgIpc) is 2.92. The number of nitrogens with one attached hydrogen (secondary N) is 2. The number of hydrogen-bond donors (Lipinski definition) is 2. The first-order valence-corrected chi connectivity index (χ1v) is 5.50. The van der Waals surface area contributed by atoms with Crippen molar-refractivity contribution in [3.8, 4) is 6.07 Å². The molecule has 2 rings (SSSR count). The van der Waals surface area contributed by atoms with E-state index >= 15 is 0 Å². The van der Waals surface area contributed by atoms with Gasteiger partial charge in [0.25, 0.3) is 0 Å². The van der Waals surface area contributed by atoms with Gasteiger partial charge in [-0.2, -0.15) is 5.26 Å². The Morgan fingerprint density at radius 3 is 2.84 bits per heavy atom. The molecule has 7 nitrogen and oxygen atoms in total. The van der Waals surface area contributed by atoms with E-state index in [9.17, 15) is 0 Å². The normalized spacial score (nSPS) is 9.68. The minimum atomic E-state index is 0.275. The molecule has 0 radical (unpaired) electrons. The highest BCUT2D eigenvalue weighted by molar-refractivity contribution is 5.75. The second-order valence-corrected chi connectivity index (χ2v) is 3.56. The lowest BCUT2D eigenvalue weighted by atomic mass is 10.4. The molecule has 19 heavy (non-hydrogen) atoms. The molecule has 2 aromatic heterocycles. The van der Waals surface area contributed by atoms with E-state index < -0.39 is 0 Å². The van der Waals surface area contributed by atoms with Gasteiger partial charge in [-0.05, 0) is 18.9 Å². The molecule has 0 unspecified atom stereocenters. The fraction of sp³-hybridized carbons (Fsp3) is 0.167. The fourth-order valence-corrected chi connectivity index (χ4v) is 1.54. The Labute approximate surface area is 110 Å². The van der Waals surface area contributed by atoms with Crippen molar-refractivity contribution in [2.45, 2.75) is 6.54 Å². The third-order valence-corrected chi connectivity index (χ3v) is 2.42. The van der Waals surface area contributed by atoms with Gasteiger partial charge in [-0.25, -0.2) is 9.97 Å². The molecular weight excluding hydrogens is 244 g/mol. The van der Waals surface area contributed by atoms with Gasteiger partial charge in [-0.3, -0.25) is 4.99 Å². The van der Waals surface area contributed by atoms with Crippen molar-refractivity contribution in [3.63, 3.8) is 0 Å². The standard InChI is InChI=1S/C12H12N6O/c1-14-10-11(15-2)17-7-18-12(10)16-6-9-4-3-8(5-13)19-9/h3-4,7H,1,6H2,2H3,(H2,15,16,17,18). The summed E-state index contributed by atoms with van der Waals surface area (Å²) in [4.78, 5) is 12.0. The number of nitrogens with zero attached hydrogens (tertiary/aromatic N) is 4. The third-order valence-electron chi connectivity index (χ3n) is 2.42. The number of furan rings is 1. The molecule has 0 atom stereocenters. The largest absolute Gasteiger partial charge is 0.449 e. The summed E-state index contributed by atoms with van der Waals surface area (Å²) in [6.45, 7) is 3.89. The van der Waals surface area contributed by atoms with Crippen LogP contribution in [-0.2, 0) is 6.54 Å². The van der Waals surface area contributed by atoms with Gasteiger partial charge in [-0.1, -0.05) is 0 Å². The average molecular weight is 256 g/mol. The minimum absolute atomic E-state index is 0.275. The van der Waals surface area contributed by atoms with Crippen molar-refractivity contribution in [2.75, 3.05) is 17.7 Å². The van der Waals surface area contributed by atoms with Crippen LogP contribution in [0.3, 0.4) is 0 Å². The van der Waals surface area contributed by atoms with Gasteiger partial charge in [0.05, 0.1) is 6.54 Å². The second kappa shape index (κ2) is 5.64. The molecular formula is C12H12N6O. The Morgan fingerprint density at radius 1 is 1.42 bits per heavy atom. The molecule has 0 saturated heterocycles. The van der Waals surface area contributed by atoms with E-state index in [1.165, 1.54) is 6.33 Å². The van der Waals surface area contributed by atoms with Crippen LogP contribution in [0.5, 0.6) is 0 Å².